The summed E-state index contributed by atoms with van der Waals surface area (Å²) < 4.78 is 5.49. The first-order valence-corrected chi connectivity index (χ1v) is 6.61. The molecule has 0 aromatic heterocycles. The highest BCUT2D eigenvalue weighted by atomic mass is 16.5. The van der Waals surface area contributed by atoms with Gasteiger partial charge in [0.2, 0.25) is 5.91 Å². The van der Waals surface area contributed by atoms with Gasteiger partial charge >= 0.3 is 5.97 Å². The number of hydrogen-bond acceptors (Lipinski definition) is 3. The lowest BCUT2D eigenvalue weighted by atomic mass is 10.00. The van der Waals surface area contributed by atoms with Crippen LogP contribution in [0.3, 0.4) is 0 Å². The number of nitrogens with one attached hydrogen (secondary N) is 1. The largest absolute Gasteiger partial charge is 0.481 e. The van der Waals surface area contributed by atoms with Gasteiger partial charge in [-0.1, -0.05) is 13.8 Å². The maximum Gasteiger partial charge on any atom is 0.305 e. The number of carboxylic acids is 1. The fraction of sp³-hybridized carbons (Fsp3) is 0.846. The van der Waals surface area contributed by atoms with E-state index in [1.807, 2.05) is 13.8 Å². The lowest BCUT2D eigenvalue weighted by molar-refractivity contribution is -0.138. The second kappa shape index (κ2) is 7.36. The van der Waals surface area contributed by atoms with E-state index in [2.05, 4.69) is 5.32 Å². The first kappa shape index (κ1) is 15.0. The average Bonchev–Trinajstić information content (AvgIpc) is 2.28. The third kappa shape index (κ3) is 5.49. The van der Waals surface area contributed by atoms with E-state index in [4.69, 9.17) is 9.84 Å². The molecular formula is C13H23NO4. The van der Waals surface area contributed by atoms with Crippen molar-refractivity contribution in [2.24, 2.45) is 5.92 Å². The highest BCUT2D eigenvalue weighted by Crippen LogP contribution is 2.16. The van der Waals surface area contributed by atoms with Crippen LogP contribution in [0.25, 0.3) is 0 Å². The van der Waals surface area contributed by atoms with E-state index in [9.17, 15) is 9.59 Å². The van der Waals surface area contributed by atoms with Gasteiger partial charge in [-0.3, -0.25) is 9.59 Å². The van der Waals surface area contributed by atoms with Gasteiger partial charge in [-0.05, 0) is 25.2 Å². The Morgan fingerprint density at radius 2 is 2.11 bits per heavy atom. The zero-order valence-electron chi connectivity index (χ0n) is 11.1. The molecule has 0 aromatic rings. The molecule has 1 fully saturated rings. The van der Waals surface area contributed by atoms with Crippen LogP contribution in [-0.4, -0.2) is 35.7 Å². The molecule has 1 amide bonds. The summed E-state index contributed by atoms with van der Waals surface area (Å²) in [5.74, 6) is -0.887. The second-order valence-electron chi connectivity index (χ2n) is 5.21. The van der Waals surface area contributed by atoms with E-state index in [1.54, 1.807) is 0 Å². The van der Waals surface area contributed by atoms with Crippen molar-refractivity contribution in [1.29, 1.82) is 0 Å². The van der Waals surface area contributed by atoms with E-state index >= 15 is 0 Å². The number of carbonyl (C=O) groups excluding carboxylic acids is 1. The standard InChI is InChI=1S/C13H23NO4/c1-9(2)11(8-13(16)17)14-12(15)7-10-5-3-4-6-18-10/h9-11H,3-8H2,1-2H3,(H,14,15)(H,16,17). The minimum atomic E-state index is -0.886. The van der Waals surface area contributed by atoms with Gasteiger partial charge in [-0.2, -0.15) is 0 Å². The summed E-state index contributed by atoms with van der Waals surface area (Å²) in [5, 5.41) is 11.6. The molecular weight excluding hydrogens is 234 g/mol. The zero-order valence-corrected chi connectivity index (χ0v) is 11.1. The van der Waals surface area contributed by atoms with Crippen molar-refractivity contribution in [3.8, 4) is 0 Å². The number of aliphatic carboxylic acids is 1. The van der Waals surface area contributed by atoms with Crippen LogP contribution < -0.4 is 5.32 Å². The van der Waals surface area contributed by atoms with Crippen LogP contribution in [0.2, 0.25) is 0 Å². The Kier molecular flexibility index (Phi) is 6.12. The Labute approximate surface area is 108 Å². The van der Waals surface area contributed by atoms with Gasteiger partial charge in [0.1, 0.15) is 0 Å². The number of hydrogen-bond donors (Lipinski definition) is 2. The van der Waals surface area contributed by atoms with E-state index in [0.717, 1.165) is 25.9 Å². The van der Waals surface area contributed by atoms with Crippen molar-refractivity contribution in [1.82, 2.24) is 5.32 Å². The molecule has 1 heterocycles. The first-order valence-electron chi connectivity index (χ1n) is 6.61. The van der Waals surface area contributed by atoms with E-state index in [0.29, 0.717) is 6.42 Å². The van der Waals surface area contributed by atoms with Crippen LogP contribution >= 0.6 is 0 Å². The van der Waals surface area contributed by atoms with E-state index in [-0.39, 0.29) is 30.4 Å². The van der Waals surface area contributed by atoms with Crippen molar-refractivity contribution in [3.05, 3.63) is 0 Å². The highest BCUT2D eigenvalue weighted by Gasteiger charge is 2.22. The molecule has 2 atom stereocenters. The third-order valence-electron chi connectivity index (χ3n) is 3.23. The van der Waals surface area contributed by atoms with Crippen molar-refractivity contribution in [2.45, 2.75) is 58.1 Å². The topological polar surface area (TPSA) is 75.6 Å². The van der Waals surface area contributed by atoms with Crippen LogP contribution in [0.15, 0.2) is 0 Å². The highest BCUT2D eigenvalue weighted by molar-refractivity contribution is 5.77. The van der Waals surface area contributed by atoms with Gasteiger partial charge in [-0.15, -0.1) is 0 Å². The Balaban J connectivity index is 2.37. The zero-order chi connectivity index (χ0) is 13.5. The molecule has 0 aromatic carbocycles. The normalized spacial score (nSPS) is 21.6. The van der Waals surface area contributed by atoms with Crippen molar-refractivity contribution < 1.29 is 19.4 Å². The Morgan fingerprint density at radius 3 is 2.61 bits per heavy atom. The predicted molar refractivity (Wildman–Crippen MR) is 67.2 cm³/mol. The molecule has 5 heteroatoms. The number of ether oxygens (including phenoxy) is 1. The van der Waals surface area contributed by atoms with E-state index < -0.39 is 5.97 Å². The van der Waals surface area contributed by atoms with Gasteiger partial charge in [-0.25, -0.2) is 0 Å². The van der Waals surface area contributed by atoms with Crippen molar-refractivity contribution >= 4 is 11.9 Å². The third-order valence-corrected chi connectivity index (χ3v) is 3.23. The SMILES string of the molecule is CC(C)C(CC(=O)O)NC(=O)CC1CCCCO1. The van der Waals surface area contributed by atoms with Crippen molar-refractivity contribution in [3.63, 3.8) is 0 Å². The van der Waals surface area contributed by atoms with Gasteiger partial charge in [0.25, 0.3) is 0 Å². The Bertz CT molecular complexity index is 285. The molecule has 1 aliphatic heterocycles. The van der Waals surface area contributed by atoms with Crippen LogP contribution in [0, 0.1) is 5.92 Å². The predicted octanol–water partition coefficient (Wildman–Crippen LogP) is 1.56. The summed E-state index contributed by atoms with van der Waals surface area (Å²) >= 11 is 0. The molecule has 2 N–H and O–H groups in total. The second-order valence-corrected chi connectivity index (χ2v) is 5.21. The van der Waals surface area contributed by atoms with Crippen LogP contribution in [0.4, 0.5) is 0 Å². The fourth-order valence-electron chi connectivity index (χ4n) is 2.08. The van der Waals surface area contributed by atoms with Gasteiger partial charge in [0.15, 0.2) is 0 Å². The number of carbonyl (C=O) groups is 2. The molecule has 5 nitrogen and oxygen atoms in total. The average molecular weight is 257 g/mol. The van der Waals surface area contributed by atoms with Gasteiger partial charge < -0.3 is 15.2 Å². The minimum absolute atomic E-state index is 0.00334. The summed E-state index contributed by atoms with van der Waals surface area (Å²) in [6.07, 6.45) is 3.37. The molecule has 18 heavy (non-hydrogen) atoms. The molecule has 0 bridgehead atoms. The van der Waals surface area contributed by atoms with Crippen LogP contribution in [-0.2, 0) is 14.3 Å². The maximum atomic E-state index is 11.8. The summed E-state index contributed by atoms with van der Waals surface area (Å²) in [7, 11) is 0. The lowest BCUT2D eigenvalue weighted by Crippen LogP contribution is -2.41. The summed E-state index contributed by atoms with van der Waals surface area (Å²) in [6.45, 7) is 4.54. The summed E-state index contributed by atoms with van der Waals surface area (Å²) in [5.41, 5.74) is 0. The molecule has 0 radical (unpaired) electrons. The Hall–Kier alpha value is -1.10. The maximum absolute atomic E-state index is 11.8. The molecule has 104 valence electrons. The number of carboxylic acid groups (broad SMARTS) is 1. The Morgan fingerprint density at radius 1 is 1.39 bits per heavy atom. The fourth-order valence-corrected chi connectivity index (χ4v) is 2.08. The van der Waals surface area contributed by atoms with Crippen LogP contribution in [0.1, 0.15) is 46.0 Å². The summed E-state index contributed by atoms with van der Waals surface area (Å²) in [6, 6.07) is -0.307. The quantitative estimate of drug-likeness (QED) is 0.757. The number of amides is 1. The smallest absolute Gasteiger partial charge is 0.305 e. The molecule has 1 rings (SSSR count). The van der Waals surface area contributed by atoms with Gasteiger partial charge in [0, 0.05) is 12.6 Å². The van der Waals surface area contributed by atoms with Crippen LogP contribution in [0.5, 0.6) is 0 Å². The molecule has 2 unspecified atom stereocenters. The summed E-state index contributed by atoms with van der Waals surface area (Å²) in [4.78, 5) is 22.5. The monoisotopic (exact) mass is 257 g/mol. The van der Waals surface area contributed by atoms with Gasteiger partial charge in [0.05, 0.1) is 18.9 Å². The van der Waals surface area contributed by atoms with E-state index in [1.165, 1.54) is 0 Å². The molecule has 0 aliphatic carbocycles. The number of rotatable bonds is 6. The van der Waals surface area contributed by atoms with Crippen molar-refractivity contribution in [2.75, 3.05) is 6.61 Å². The first-order chi connectivity index (χ1) is 8.49. The molecule has 1 saturated heterocycles. The minimum Gasteiger partial charge on any atom is -0.481 e. The lowest BCUT2D eigenvalue weighted by Gasteiger charge is -2.25. The molecule has 0 saturated carbocycles. The molecule has 1 aliphatic rings. The molecule has 0 spiro atoms.